The van der Waals surface area contributed by atoms with Gasteiger partial charge in [0.1, 0.15) is 23.9 Å². The van der Waals surface area contributed by atoms with Gasteiger partial charge in [-0.2, -0.15) is 13.2 Å². The Balaban J connectivity index is 1.87. The van der Waals surface area contributed by atoms with E-state index in [4.69, 9.17) is 0 Å². The lowest BCUT2D eigenvalue weighted by atomic mass is 9.94. The van der Waals surface area contributed by atoms with E-state index in [-0.39, 0.29) is 47.1 Å². The zero-order chi connectivity index (χ0) is 26.5. The van der Waals surface area contributed by atoms with Crippen LogP contribution in [0, 0.1) is 23.3 Å². The summed E-state index contributed by atoms with van der Waals surface area (Å²) in [5, 5.41) is 21.7. The number of hydrogen-bond donors (Lipinski definition) is 3. The molecule has 6 nitrogen and oxygen atoms in total. The van der Waals surface area contributed by atoms with Crippen molar-refractivity contribution in [3.8, 4) is 0 Å². The molecule has 0 unspecified atom stereocenters. The zero-order valence-electron chi connectivity index (χ0n) is 18.4. The number of nitrogens with zero attached hydrogens (tertiary/aromatic N) is 3. The van der Waals surface area contributed by atoms with Crippen LogP contribution in [0.15, 0.2) is 48.8 Å². The fourth-order valence-electron chi connectivity index (χ4n) is 3.95. The number of benzene rings is 1. The fourth-order valence-corrected chi connectivity index (χ4v) is 3.95. The van der Waals surface area contributed by atoms with Crippen LogP contribution in [0.2, 0.25) is 0 Å². The maximum atomic E-state index is 15.1. The van der Waals surface area contributed by atoms with Crippen LogP contribution in [0.25, 0.3) is 5.57 Å². The standard InChI is InChI=1S/C23H19F7N4O2/c1-10-13-5-17(27)22(33-7-18(35)19(36)8-33)32-21(13)34(20-15(25)3-12(24)4-16(20)26)6-14(10)11(2)31-9-23(28,29)30/h3-6,18-19,31,35-36H,1-2,7-9H2/t18-,19-/m1/s1. The molecule has 1 fully saturated rings. The number of halogens is 7. The number of allylic oxidation sites excluding steroid dienone is 1. The third kappa shape index (κ3) is 4.75. The SMILES string of the molecule is C=C(NCC(F)(F)F)C1=CN(c2c(F)cc(F)cc2F)c2nc(N3C[C@@H](O)[C@H](O)C3)c(F)cc2C1=C. The Morgan fingerprint density at radius 3 is 2.14 bits per heavy atom. The van der Waals surface area contributed by atoms with Crippen molar-refractivity contribution in [3.63, 3.8) is 0 Å². The minimum absolute atomic E-state index is 0.0525. The summed E-state index contributed by atoms with van der Waals surface area (Å²) < 4.78 is 96.3. The third-order valence-corrected chi connectivity index (χ3v) is 5.68. The first-order valence-corrected chi connectivity index (χ1v) is 10.4. The third-order valence-electron chi connectivity index (χ3n) is 5.68. The number of pyridine rings is 1. The molecule has 1 aromatic heterocycles. The van der Waals surface area contributed by atoms with Crippen molar-refractivity contribution in [1.29, 1.82) is 0 Å². The number of nitrogens with one attached hydrogen (secondary N) is 1. The molecule has 4 rings (SSSR count). The van der Waals surface area contributed by atoms with E-state index in [1.165, 1.54) is 4.90 Å². The van der Waals surface area contributed by atoms with E-state index in [0.29, 0.717) is 12.1 Å². The molecule has 3 heterocycles. The van der Waals surface area contributed by atoms with Crippen LogP contribution in [-0.2, 0) is 0 Å². The van der Waals surface area contributed by atoms with E-state index >= 15 is 4.39 Å². The van der Waals surface area contributed by atoms with Crippen molar-refractivity contribution in [3.05, 3.63) is 77.7 Å². The molecule has 0 aliphatic carbocycles. The second-order valence-electron chi connectivity index (χ2n) is 8.26. The topological polar surface area (TPSA) is 71.9 Å². The van der Waals surface area contributed by atoms with Gasteiger partial charge in [-0.1, -0.05) is 13.2 Å². The van der Waals surface area contributed by atoms with Crippen LogP contribution in [0.5, 0.6) is 0 Å². The molecule has 0 spiro atoms. The number of rotatable bonds is 5. The van der Waals surface area contributed by atoms with Crippen molar-refractivity contribution >= 4 is 22.9 Å². The predicted octanol–water partition coefficient (Wildman–Crippen LogP) is 3.89. The van der Waals surface area contributed by atoms with Crippen LogP contribution >= 0.6 is 0 Å². The Morgan fingerprint density at radius 1 is 1.00 bits per heavy atom. The van der Waals surface area contributed by atoms with E-state index in [0.717, 1.165) is 17.2 Å². The van der Waals surface area contributed by atoms with Gasteiger partial charge < -0.3 is 20.4 Å². The van der Waals surface area contributed by atoms with Gasteiger partial charge in [0.2, 0.25) is 0 Å². The molecule has 36 heavy (non-hydrogen) atoms. The number of aliphatic hydroxyl groups is 2. The average Bonchev–Trinajstić information content (AvgIpc) is 3.10. The summed E-state index contributed by atoms with van der Waals surface area (Å²) in [6.45, 7) is 5.42. The van der Waals surface area contributed by atoms with Gasteiger partial charge in [0, 0.05) is 48.3 Å². The molecule has 2 atom stereocenters. The molecular weight excluding hydrogens is 497 g/mol. The van der Waals surface area contributed by atoms with E-state index in [2.05, 4.69) is 18.1 Å². The number of aromatic nitrogens is 1. The molecule has 3 N–H and O–H groups in total. The Kier molecular flexibility index (Phi) is 6.47. The summed E-state index contributed by atoms with van der Waals surface area (Å²) in [5.41, 5.74) is -1.49. The lowest BCUT2D eigenvalue weighted by Gasteiger charge is -2.32. The molecule has 192 valence electrons. The van der Waals surface area contributed by atoms with Gasteiger partial charge in [-0.15, -0.1) is 0 Å². The van der Waals surface area contributed by atoms with E-state index in [9.17, 15) is 36.6 Å². The highest BCUT2D eigenvalue weighted by atomic mass is 19.4. The Bertz CT molecular complexity index is 1240. The van der Waals surface area contributed by atoms with Crippen LogP contribution < -0.4 is 15.1 Å². The molecule has 0 saturated carbocycles. The quantitative estimate of drug-likeness (QED) is 0.524. The van der Waals surface area contributed by atoms with Gasteiger partial charge in [-0.25, -0.2) is 22.5 Å². The van der Waals surface area contributed by atoms with Crippen LogP contribution in [0.1, 0.15) is 5.56 Å². The van der Waals surface area contributed by atoms with Gasteiger partial charge in [-0.3, -0.25) is 4.90 Å². The van der Waals surface area contributed by atoms with Crippen molar-refractivity contribution in [2.75, 3.05) is 29.4 Å². The molecule has 2 aliphatic rings. The summed E-state index contributed by atoms with van der Waals surface area (Å²) in [5.74, 6) is -5.54. The molecule has 13 heteroatoms. The number of fused-ring (bicyclic) bond motifs is 1. The summed E-state index contributed by atoms with van der Waals surface area (Å²) in [6.07, 6.45) is -6.01. The maximum absolute atomic E-state index is 15.1. The highest BCUT2D eigenvalue weighted by Crippen LogP contribution is 2.44. The first-order valence-electron chi connectivity index (χ1n) is 10.4. The summed E-state index contributed by atoms with van der Waals surface area (Å²) in [4.78, 5) is 6.15. The number of aliphatic hydroxyl groups excluding tert-OH is 2. The summed E-state index contributed by atoms with van der Waals surface area (Å²) in [7, 11) is 0. The van der Waals surface area contributed by atoms with Crippen molar-refractivity contribution in [1.82, 2.24) is 10.3 Å². The van der Waals surface area contributed by atoms with Crippen molar-refractivity contribution in [2.24, 2.45) is 0 Å². The molecule has 0 amide bonds. The van der Waals surface area contributed by atoms with E-state index in [1.54, 1.807) is 0 Å². The smallest absolute Gasteiger partial charge is 0.389 e. The molecule has 0 bridgehead atoms. The minimum atomic E-state index is -4.61. The zero-order valence-corrected chi connectivity index (χ0v) is 18.4. The average molecular weight is 516 g/mol. The largest absolute Gasteiger partial charge is 0.405 e. The van der Waals surface area contributed by atoms with Crippen LogP contribution in [0.4, 0.5) is 48.1 Å². The normalized spacial score (nSPS) is 19.9. The Morgan fingerprint density at radius 2 is 1.58 bits per heavy atom. The van der Waals surface area contributed by atoms with Gasteiger partial charge in [0.25, 0.3) is 0 Å². The number of anilines is 3. The van der Waals surface area contributed by atoms with Gasteiger partial charge in [0.15, 0.2) is 23.3 Å². The number of β-amino-alcohol motifs (C(OH)–C–C–N with tert-alkyl or cyclic N) is 2. The Labute approximate surface area is 200 Å². The number of alkyl halides is 3. The highest BCUT2D eigenvalue weighted by molar-refractivity contribution is 5.93. The lowest BCUT2D eigenvalue weighted by molar-refractivity contribution is -0.123. The molecule has 1 aromatic carbocycles. The minimum Gasteiger partial charge on any atom is -0.389 e. The fraction of sp³-hybridized carbons (Fsp3) is 0.261. The van der Waals surface area contributed by atoms with Gasteiger partial charge in [0.05, 0.1) is 12.2 Å². The molecular formula is C23H19F7N4O2. The second kappa shape index (κ2) is 9.13. The lowest BCUT2D eigenvalue weighted by Crippen LogP contribution is -2.31. The summed E-state index contributed by atoms with van der Waals surface area (Å²) in [6, 6.07) is 1.69. The van der Waals surface area contributed by atoms with Crippen LogP contribution in [-0.4, -0.2) is 53.2 Å². The maximum Gasteiger partial charge on any atom is 0.405 e. The molecule has 1 saturated heterocycles. The van der Waals surface area contributed by atoms with Gasteiger partial charge >= 0.3 is 6.18 Å². The van der Waals surface area contributed by atoms with Crippen molar-refractivity contribution in [2.45, 2.75) is 18.4 Å². The van der Waals surface area contributed by atoms with E-state index in [1.807, 2.05) is 5.32 Å². The van der Waals surface area contributed by atoms with Gasteiger partial charge in [-0.05, 0) is 11.6 Å². The second-order valence-corrected chi connectivity index (χ2v) is 8.26. The highest BCUT2D eigenvalue weighted by Gasteiger charge is 2.36. The first kappa shape index (κ1) is 25.5. The molecule has 2 aromatic rings. The first-order chi connectivity index (χ1) is 16.8. The predicted molar refractivity (Wildman–Crippen MR) is 117 cm³/mol. The van der Waals surface area contributed by atoms with Crippen LogP contribution in [0.3, 0.4) is 0 Å². The molecule has 2 aliphatic heterocycles. The van der Waals surface area contributed by atoms with E-state index < -0.39 is 53.9 Å². The Hall–Kier alpha value is -3.58. The molecule has 0 radical (unpaired) electrons. The van der Waals surface area contributed by atoms with Crippen molar-refractivity contribution < 1.29 is 40.9 Å². The number of hydrogen-bond acceptors (Lipinski definition) is 6. The summed E-state index contributed by atoms with van der Waals surface area (Å²) >= 11 is 0. The monoisotopic (exact) mass is 516 g/mol.